The summed E-state index contributed by atoms with van der Waals surface area (Å²) in [6, 6.07) is 33.0. The second kappa shape index (κ2) is 22.6. The Kier molecular flexibility index (Phi) is 16.8. The largest absolute Gasteiger partial charge is 0.507 e. The molecule has 1 fully saturated rings. The topological polar surface area (TPSA) is 196 Å². The van der Waals surface area contributed by atoms with Crippen molar-refractivity contribution in [2.75, 3.05) is 71.0 Å². The molecule has 0 spiro atoms. The van der Waals surface area contributed by atoms with Crippen LogP contribution in [0.1, 0.15) is 49.1 Å². The molecule has 4 aliphatic rings. The number of benzodiazepines with no additional fused rings is 1. The van der Waals surface area contributed by atoms with Crippen LogP contribution in [0.2, 0.25) is 5.02 Å². The molecule has 3 heterocycles. The minimum Gasteiger partial charge on any atom is -0.507 e. The van der Waals surface area contributed by atoms with Gasteiger partial charge in [0, 0.05) is 74.0 Å². The van der Waals surface area contributed by atoms with Gasteiger partial charge in [0.2, 0.25) is 11.7 Å². The quantitative estimate of drug-likeness (QED) is 0.0594. The van der Waals surface area contributed by atoms with Crippen molar-refractivity contribution in [3.05, 3.63) is 175 Å². The number of ether oxygens (including phenoxy) is 2. The highest BCUT2D eigenvalue weighted by molar-refractivity contribution is 6.30. The molecule has 0 aromatic heterocycles. The van der Waals surface area contributed by atoms with E-state index in [0.717, 1.165) is 43.3 Å². The molecule has 1 amide bonds. The number of nitro groups is 1. The molecule has 0 saturated carbocycles. The van der Waals surface area contributed by atoms with Crippen molar-refractivity contribution >= 4 is 46.3 Å². The third-order valence-corrected chi connectivity index (χ3v) is 12.2. The number of aliphatic imine (C=N–C) groups is 1. The summed E-state index contributed by atoms with van der Waals surface area (Å²) < 4.78 is 10.7. The van der Waals surface area contributed by atoms with E-state index in [9.17, 15) is 29.6 Å². The number of carbonyl (C=O) groups excluding carboxylic acids is 2. The zero-order valence-corrected chi connectivity index (χ0v) is 38.1. The summed E-state index contributed by atoms with van der Waals surface area (Å²) in [5.74, 6) is -2.80. The van der Waals surface area contributed by atoms with Gasteiger partial charge in [-0.05, 0) is 54.3 Å². The number of non-ortho nitro benzene ring substituents is 1. The summed E-state index contributed by atoms with van der Waals surface area (Å²) in [5, 5.41) is 39.4. The molecule has 4 aromatic rings. The Hall–Kier alpha value is -6.49. The van der Waals surface area contributed by atoms with Gasteiger partial charge in [0.15, 0.2) is 0 Å². The lowest BCUT2D eigenvalue weighted by Crippen LogP contribution is -2.48. The van der Waals surface area contributed by atoms with Crippen LogP contribution in [0, 0.1) is 16.0 Å². The lowest BCUT2D eigenvalue weighted by molar-refractivity contribution is -0.384. The molecule has 16 heteroatoms. The molecule has 66 heavy (non-hydrogen) atoms. The maximum Gasteiger partial charge on any atom is 0.343 e. The fourth-order valence-corrected chi connectivity index (χ4v) is 8.37. The number of carboxylic acids is 1. The van der Waals surface area contributed by atoms with Crippen LogP contribution < -0.4 is 4.90 Å². The number of benzene rings is 4. The molecule has 1 unspecified atom stereocenters. The number of hydrogen-bond donors (Lipinski definition) is 3. The van der Waals surface area contributed by atoms with Crippen LogP contribution in [0.3, 0.4) is 0 Å². The van der Waals surface area contributed by atoms with E-state index in [1.807, 2.05) is 56.3 Å². The summed E-state index contributed by atoms with van der Waals surface area (Å²) in [4.78, 5) is 56.5. The van der Waals surface area contributed by atoms with Gasteiger partial charge >= 0.3 is 5.97 Å². The number of aliphatic hydroxyl groups excluding tert-OH is 2. The van der Waals surface area contributed by atoms with E-state index in [1.165, 1.54) is 34.4 Å². The van der Waals surface area contributed by atoms with Crippen molar-refractivity contribution in [3.63, 3.8) is 0 Å². The van der Waals surface area contributed by atoms with Gasteiger partial charge in [-0.25, -0.2) is 4.79 Å². The molecule has 8 rings (SSSR count). The van der Waals surface area contributed by atoms with Crippen LogP contribution in [0.4, 0.5) is 11.4 Å². The van der Waals surface area contributed by atoms with Crippen molar-refractivity contribution in [1.29, 1.82) is 0 Å². The Morgan fingerprint density at radius 2 is 1.58 bits per heavy atom. The van der Waals surface area contributed by atoms with Crippen molar-refractivity contribution in [1.82, 2.24) is 9.80 Å². The van der Waals surface area contributed by atoms with Crippen molar-refractivity contribution in [2.45, 2.75) is 32.9 Å². The average molecular weight is 920 g/mol. The minimum atomic E-state index is -1.43. The van der Waals surface area contributed by atoms with Crippen LogP contribution in [0.15, 0.2) is 142 Å². The molecule has 0 bridgehead atoms. The second-order valence-electron chi connectivity index (χ2n) is 16.1. The predicted octanol–water partition coefficient (Wildman–Crippen LogP) is 7.19. The standard InChI is InChI=1S/C21H27ClN2O2.C16H13N3O3.C13H14O5/c22-20-8-6-19(7-9-20)21(18-4-2-1-3-5-18)24-12-10-23(11-13-24)14-16-26-17-15-25;1-18-14-8-7-12(19(21)22)9-13(14)16(17-10-15(18)20)11-5-3-2-4-6-11;1-5-7(3)18-4-8-9(5)6(2)11(14)10(12(8)15)13(16)17/h1-9,21,25H,10-17H2;2-9H,10H2,1H3;4-5,7,14H,1-3H3,(H,16,17)/t;;5-,7-/m..1/s1. The number of carbonyl (C=O) groups is 3. The predicted molar refractivity (Wildman–Crippen MR) is 252 cm³/mol. The Morgan fingerprint density at radius 1 is 0.939 bits per heavy atom. The first-order valence-corrected chi connectivity index (χ1v) is 22.0. The number of halogens is 1. The number of rotatable bonds is 11. The molecular weight excluding hydrogens is 866 g/mol. The van der Waals surface area contributed by atoms with Crippen LogP contribution in [-0.2, 0) is 23.9 Å². The maximum absolute atomic E-state index is 12.1. The maximum atomic E-state index is 12.1. The van der Waals surface area contributed by atoms with Crippen LogP contribution in [-0.4, -0.2) is 126 Å². The number of aliphatic hydroxyl groups is 2. The third kappa shape index (κ3) is 11.5. The number of likely N-dealkylation sites (N-methyl/N-ethyl adjacent to an activating group) is 1. The molecule has 1 saturated heterocycles. The Bertz CT molecular complexity index is 2520. The summed E-state index contributed by atoms with van der Waals surface area (Å²) in [7, 11) is 1.65. The van der Waals surface area contributed by atoms with Gasteiger partial charge in [0.05, 0.1) is 54.0 Å². The number of ketones is 1. The number of hydrogen-bond acceptors (Lipinski definition) is 12. The second-order valence-corrected chi connectivity index (χ2v) is 16.5. The minimum absolute atomic E-state index is 0.0171. The molecule has 346 valence electrons. The molecule has 15 nitrogen and oxygen atoms in total. The van der Waals surface area contributed by atoms with E-state index >= 15 is 0 Å². The Morgan fingerprint density at radius 3 is 2.20 bits per heavy atom. The number of aliphatic carboxylic acids is 1. The molecular formula is C50H54ClN5O10. The first-order valence-electron chi connectivity index (χ1n) is 21.6. The zero-order chi connectivity index (χ0) is 47.5. The van der Waals surface area contributed by atoms with Crippen molar-refractivity contribution in [3.8, 4) is 0 Å². The number of piperazine rings is 1. The Labute approximate surface area is 388 Å². The highest BCUT2D eigenvalue weighted by Crippen LogP contribution is 2.40. The van der Waals surface area contributed by atoms with Gasteiger partial charge in [-0.1, -0.05) is 91.3 Å². The molecule has 3 atom stereocenters. The van der Waals surface area contributed by atoms with Gasteiger partial charge < -0.3 is 29.7 Å². The summed E-state index contributed by atoms with van der Waals surface area (Å²) in [6.07, 6.45) is 1.17. The van der Waals surface area contributed by atoms with Gasteiger partial charge in [0.25, 0.3) is 5.69 Å². The van der Waals surface area contributed by atoms with E-state index in [-0.39, 0.29) is 48.4 Å². The molecule has 0 radical (unpaired) electrons. The highest BCUT2D eigenvalue weighted by atomic mass is 35.5. The SMILES string of the molecule is CC1=C2C(=CO[C@H](C)[C@H]2C)C(=O)C(C(=O)O)=C1O.CN1C(=O)CN=C(c2ccccc2)c2cc([N+](=O)[O-])ccc21.OCCOCCN1CCN(C(c2ccccc2)c2ccc(Cl)cc2)CC1. The number of nitro benzene ring substituents is 1. The summed E-state index contributed by atoms with van der Waals surface area (Å²) >= 11 is 6.09. The van der Waals surface area contributed by atoms with E-state index in [0.29, 0.717) is 41.3 Å². The van der Waals surface area contributed by atoms with Crippen LogP contribution in [0.5, 0.6) is 0 Å². The molecule has 3 N–H and O–H groups in total. The molecule has 3 aliphatic heterocycles. The average Bonchev–Trinajstić information content (AvgIpc) is 3.44. The lowest BCUT2D eigenvalue weighted by Gasteiger charge is -2.39. The van der Waals surface area contributed by atoms with Crippen LogP contribution in [0.25, 0.3) is 0 Å². The number of nitrogens with zero attached hydrogens (tertiary/aromatic N) is 5. The summed E-state index contributed by atoms with van der Waals surface area (Å²) in [5.41, 5.74) is 5.94. The number of allylic oxidation sites excluding steroid dienone is 2. The number of amides is 1. The number of carboxylic acid groups (broad SMARTS) is 1. The Balaban J connectivity index is 0.000000166. The third-order valence-electron chi connectivity index (χ3n) is 12.0. The van der Waals surface area contributed by atoms with Gasteiger partial charge in [-0.15, -0.1) is 0 Å². The fourth-order valence-electron chi connectivity index (χ4n) is 8.25. The van der Waals surface area contributed by atoms with Crippen molar-refractivity contribution in [2.24, 2.45) is 10.9 Å². The van der Waals surface area contributed by atoms with E-state index < -0.39 is 28.0 Å². The van der Waals surface area contributed by atoms with E-state index in [1.54, 1.807) is 20.0 Å². The normalized spacial score (nSPS) is 19.1. The van der Waals surface area contributed by atoms with Gasteiger partial charge in [-0.3, -0.25) is 34.5 Å². The van der Waals surface area contributed by atoms with Gasteiger partial charge in [-0.2, -0.15) is 0 Å². The fraction of sp³-hybridized carbons (Fsp3) is 0.320. The van der Waals surface area contributed by atoms with E-state index in [2.05, 4.69) is 57.3 Å². The summed E-state index contributed by atoms with van der Waals surface area (Å²) in [6.45, 7) is 11.6. The highest BCUT2D eigenvalue weighted by Gasteiger charge is 2.40. The number of fused-ring (bicyclic) bond motifs is 2. The van der Waals surface area contributed by atoms with Crippen LogP contribution >= 0.6 is 11.6 Å². The number of anilines is 1. The van der Waals surface area contributed by atoms with Crippen molar-refractivity contribution < 1.29 is 44.1 Å². The number of Topliss-reactive ketones (excluding diaryl/α,β-unsaturated/α-hetero) is 1. The first-order chi connectivity index (χ1) is 31.7. The first kappa shape index (κ1) is 49.0. The molecule has 4 aromatic carbocycles. The molecule has 1 aliphatic carbocycles. The lowest BCUT2D eigenvalue weighted by atomic mass is 9.78. The van der Waals surface area contributed by atoms with E-state index in [4.69, 9.17) is 31.3 Å². The monoisotopic (exact) mass is 919 g/mol. The van der Waals surface area contributed by atoms with Gasteiger partial charge in [0.1, 0.15) is 24.0 Å². The smallest absolute Gasteiger partial charge is 0.343 e. The zero-order valence-electron chi connectivity index (χ0n) is 37.3.